The predicted octanol–water partition coefficient (Wildman–Crippen LogP) is 5.93. The van der Waals surface area contributed by atoms with Gasteiger partial charge in [-0.15, -0.1) is 0 Å². The van der Waals surface area contributed by atoms with Gasteiger partial charge in [-0.3, -0.25) is 19.6 Å². The number of hydrogen-bond donors (Lipinski definition) is 1. The Morgan fingerprint density at radius 1 is 0.714 bits per heavy atom. The van der Waals surface area contributed by atoms with E-state index >= 15 is 0 Å². The van der Waals surface area contributed by atoms with Crippen molar-refractivity contribution in [2.24, 2.45) is 0 Å². The number of nitrogens with zero attached hydrogens (tertiary/aromatic N) is 3. The van der Waals surface area contributed by atoms with Crippen molar-refractivity contribution in [2.75, 3.05) is 17.3 Å². The van der Waals surface area contributed by atoms with Crippen molar-refractivity contribution in [3.8, 4) is 0 Å². The van der Waals surface area contributed by atoms with Crippen LogP contribution in [0.4, 0.5) is 11.4 Å². The molecule has 0 spiro atoms. The summed E-state index contributed by atoms with van der Waals surface area (Å²) in [6, 6.07) is 26.1. The molecule has 2 amide bonds. The molecule has 2 aromatic heterocycles. The van der Waals surface area contributed by atoms with Gasteiger partial charge in [0.15, 0.2) is 0 Å². The molecule has 172 valence electrons. The van der Waals surface area contributed by atoms with E-state index in [9.17, 15) is 9.59 Å². The number of para-hydroxylation sites is 2. The van der Waals surface area contributed by atoms with Gasteiger partial charge in [0.05, 0.1) is 22.2 Å². The summed E-state index contributed by atoms with van der Waals surface area (Å²) < 4.78 is 0. The fourth-order valence-corrected chi connectivity index (χ4v) is 4.27. The normalized spacial score (nSPS) is 10.9. The molecule has 6 nitrogen and oxygen atoms in total. The van der Waals surface area contributed by atoms with Gasteiger partial charge < -0.3 is 10.2 Å². The molecule has 5 aromatic rings. The van der Waals surface area contributed by atoms with Crippen molar-refractivity contribution in [1.29, 1.82) is 0 Å². The van der Waals surface area contributed by atoms with E-state index in [4.69, 9.17) is 0 Å². The summed E-state index contributed by atoms with van der Waals surface area (Å²) in [5, 5.41) is 4.57. The number of anilines is 2. The summed E-state index contributed by atoms with van der Waals surface area (Å²) in [6.45, 7) is 3.75. The van der Waals surface area contributed by atoms with Crippen molar-refractivity contribution < 1.29 is 9.59 Å². The Hall–Kier alpha value is -4.58. The Balaban J connectivity index is 1.44. The molecule has 0 saturated heterocycles. The standard InChI is InChI=1S/C29H24N4O2/c1-18-15-24(22-11-4-6-13-26(22)30-18)28(34)32-20-9-8-10-21(17-20)33(3)29(35)25-16-19(2)31-27-14-7-5-12-23(25)27/h4-17H,1-3H3,(H,32,34). The average molecular weight is 461 g/mol. The zero-order valence-electron chi connectivity index (χ0n) is 19.7. The van der Waals surface area contributed by atoms with Gasteiger partial charge in [0.25, 0.3) is 11.8 Å². The summed E-state index contributed by atoms with van der Waals surface area (Å²) in [5.74, 6) is -0.375. The molecular formula is C29H24N4O2. The van der Waals surface area contributed by atoms with E-state index in [1.807, 2.05) is 86.6 Å². The monoisotopic (exact) mass is 460 g/mol. The lowest BCUT2D eigenvalue weighted by atomic mass is 10.1. The second-order valence-electron chi connectivity index (χ2n) is 8.53. The number of nitrogens with one attached hydrogen (secondary N) is 1. The number of aromatic nitrogens is 2. The van der Waals surface area contributed by atoms with Gasteiger partial charge >= 0.3 is 0 Å². The summed E-state index contributed by atoms with van der Waals surface area (Å²) in [7, 11) is 1.73. The van der Waals surface area contributed by atoms with Crippen LogP contribution in [0.25, 0.3) is 21.8 Å². The molecule has 0 aliphatic heterocycles. The van der Waals surface area contributed by atoms with Gasteiger partial charge in [0, 0.05) is 40.6 Å². The molecule has 1 N–H and O–H groups in total. The number of carbonyl (C=O) groups is 2. The number of amides is 2. The van der Waals surface area contributed by atoms with Crippen LogP contribution in [0.5, 0.6) is 0 Å². The van der Waals surface area contributed by atoms with Crippen LogP contribution in [0.2, 0.25) is 0 Å². The average Bonchev–Trinajstić information content (AvgIpc) is 2.86. The second-order valence-corrected chi connectivity index (χ2v) is 8.53. The van der Waals surface area contributed by atoms with Gasteiger partial charge in [-0.25, -0.2) is 0 Å². The minimum atomic E-state index is -0.228. The molecule has 0 bridgehead atoms. The quantitative estimate of drug-likeness (QED) is 0.361. The molecule has 0 unspecified atom stereocenters. The molecule has 0 atom stereocenters. The van der Waals surface area contributed by atoms with E-state index in [-0.39, 0.29) is 11.8 Å². The Kier molecular flexibility index (Phi) is 5.71. The van der Waals surface area contributed by atoms with E-state index in [0.29, 0.717) is 22.5 Å². The van der Waals surface area contributed by atoms with Gasteiger partial charge in [-0.05, 0) is 56.3 Å². The van der Waals surface area contributed by atoms with Crippen LogP contribution in [-0.4, -0.2) is 28.8 Å². The first kappa shape index (κ1) is 22.2. The number of carbonyl (C=O) groups excluding carboxylic acids is 2. The maximum Gasteiger partial charge on any atom is 0.258 e. The van der Waals surface area contributed by atoms with Crippen LogP contribution in [0.15, 0.2) is 84.9 Å². The van der Waals surface area contributed by atoms with Gasteiger partial charge in [0.1, 0.15) is 0 Å². The van der Waals surface area contributed by atoms with Crippen molar-refractivity contribution in [3.63, 3.8) is 0 Å². The Labute approximate surface area is 203 Å². The van der Waals surface area contributed by atoms with Crippen LogP contribution in [-0.2, 0) is 0 Å². The molecule has 0 aliphatic rings. The maximum absolute atomic E-state index is 13.5. The Bertz CT molecular complexity index is 1610. The van der Waals surface area contributed by atoms with E-state index in [1.54, 1.807) is 24.1 Å². The van der Waals surface area contributed by atoms with E-state index in [0.717, 1.165) is 33.2 Å². The third-order valence-corrected chi connectivity index (χ3v) is 5.96. The Morgan fingerprint density at radius 3 is 1.94 bits per heavy atom. The largest absolute Gasteiger partial charge is 0.322 e. The van der Waals surface area contributed by atoms with E-state index < -0.39 is 0 Å². The van der Waals surface area contributed by atoms with Crippen LogP contribution >= 0.6 is 0 Å². The van der Waals surface area contributed by atoms with Crippen molar-refractivity contribution in [2.45, 2.75) is 13.8 Å². The van der Waals surface area contributed by atoms with Crippen molar-refractivity contribution >= 4 is 45.0 Å². The minimum Gasteiger partial charge on any atom is -0.322 e. The molecule has 2 heterocycles. The number of hydrogen-bond acceptors (Lipinski definition) is 4. The first-order valence-electron chi connectivity index (χ1n) is 11.3. The van der Waals surface area contributed by atoms with Crippen LogP contribution in [0.3, 0.4) is 0 Å². The number of aryl methyl sites for hydroxylation is 2. The molecule has 0 radical (unpaired) electrons. The topological polar surface area (TPSA) is 75.2 Å². The third kappa shape index (κ3) is 4.34. The van der Waals surface area contributed by atoms with Crippen LogP contribution in [0, 0.1) is 13.8 Å². The molecule has 3 aromatic carbocycles. The lowest BCUT2D eigenvalue weighted by Gasteiger charge is -2.20. The molecule has 5 rings (SSSR count). The lowest BCUT2D eigenvalue weighted by Crippen LogP contribution is -2.26. The number of fused-ring (bicyclic) bond motifs is 2. The van der Waals surface area contributed by atoms with Gasteiger partial charge in [-0.1, -0.05) is 42.5 Å². The highest BCUT2D eigenvalue weighted by atomic mass is 16.2. The summed E-state index contributed by atoms with van der Waals surface area (Å²) >= 11 is 0. The summed E-state index contributed by atoms with van der Waals surface area (Å²) in [5.41, 5.74) is 5.52. The predicted molar refractivity (Wildman–Crippen MR) is 140 cm³/mol. The highest BCUT2D eigenvalue weighted by molar-refractivity contribution is 6.14. The zero-order chi connectivity index (χ0) is 24.5. The molecule has 35 heavy (non-hydrogen) atoms. The summed E-state index contributed by atoms with van der Waals surface area (Å²) in [4.78, 5) is 37.3. The second kappa shape index (κ2) is 8.99. The smallest absolute Gasteiger partial charge is 0.258 e. The molecular weight excluding hydrogens is 436 g/mol. The van der Waals surface area contributed by atoms with Crippen LogP contribution < -0.4 is 10.2 Å². The first-order valence-corrected chi connectivity index (χ1v) is 11.3. The molecule has 0 fully saturated rings. The van der Waals surface area contributed by atoms with E-state index in [1.165, 1.54) is 0 Å². The fourth-order valence-electron chi connectivity index (χ4n) is 4.27. The summed E-state index contributed by atoms with van der Waals surface area (Å²) in [6.07, 6.45) is 0. The highest BCUT2D eigenvalue weighted by Gasteiger charge is 2.18. The maximum atomic E-state index is 13.5. The highest BCUT2D eigenvalue weighted by Crippen LogP contribution is 2.25. The SMILES string of the molecule is Cc1cc(C(=O)Nc2cccc(N(C)C(=O)c3cc(C)nc4ccccc34)c2)c2ccccc2n1. The molecule has 0 aliphatic carbocycles. The molecule has 0 saturated carbocycles. The number of pyridine rings is 2. The lowest BCUT2D eigenvalue weighted by molar-refractivity contribution is 0.0993. The Morgan fingerprint density at radius 2 is 1.29 bits per heavy atom. The van der Waals surface area contributed by atoms with Crippen molar-refractivity contribution in [3.05, 3.63) is 107 Å². The van der Waals surface area contributed by atoms with Crippen molar-refractivity contribution in [1.82, 2.24) is 9.97 Å². The van der Waals surface area contributed by atoms with E-state index in [2.05, 4.69) is 15.3 Å². The van der Waals surface area contributed by atoms with Crippen LogP contribution in [0.1, 0.15) is 32.1 Å². The number of benzene rings is 3. The third-order valence-electron chi connectivity index (χ3n) is 5.96. The molecule has 6 heteroatoms. The van der Waals surface area contributed by atoms with Gasteiger partial charge in [0.2, 0.25) is 0 Å². The zero-order valence-corrected chi connectivity index (χ0v) is 19.7. The minimum absolute atomic E-state index is 0.147. The van der Waals surface area contributed by atoms with Gasteiger partial charge in [-0.2, -0.15) is 0 Å². The first-order chi connectivity index (χ1) is 16.9. The number of rotatable bonds is 4. The fraction of sp³-hybridized carbons (Fsp3) is 0.103.